The number of hydrogen-bond donors (Lipinski definition) is 0. The molecule has 0 N–H and O–H groups in total. The van der Waals surface area contributed by atoms with Crippen LogP contribution in [-0.4, -0.2) is 10.8 Å². The molecule has 0 saturated carbocycles. The normalized spacial score (nSPS) is 13.1. The Morgan fingerprint density at radius 3 is 2.43 bits per heavy atom. The van der Waals surface area contributed by atoms with Gasteiger partial charge in [0.25, 0.3) is 0 Å². The van der Waals surface area contributed by atoms with E-state index in [1.165, 1.54) is 0 Å². The van der Waals surface area contributed by atoms with Crippen molar-refractivity contribution in [1.82, 2.24) is 0 Å². The second-order valence-corrected chi connectivity index (χ2v) is 3.58. The van der Waals surface area contributed by atoms with Crippen molar-refractivity contribution in [3.05, 3.63) is 0 Å². The van der Waals surface area contributed by atoms with E-state index in [4.69, 9.17) is 0 Å². The first-order valence-corrected chi connectivity index (χ1v) is 4.94. The maximum atomic E-state index is 10.3. The van der Waals surface area contributed by atoms with Gasteiger partial charge in [-0.2, -0.15) is 0 Å². The monoisotopic (exact) mass is 353 g/mol. The van der Waals surface area contributed by atoms with Crippen LogP contribution in [0.1, 0.15) is 6.92 Å². The molecule has 0 aromatic rings. The molecule has 0 fully saturated rings. The number of carbonyl (C=O) groups excluding carboxylic acids is 1. The van der Waals surface area contributed by atoms with Gasteiger partial charge in [0.05, 0.1) is 0 Å². The van der Waals surface area contributed by atoms with E-state index in [0.717, 1.165) is 0 Å². The molecule has 0 aliphatic heterocycles. The molecule has 0 aromatic carbocycles. The molecule has 7 heavy (non-hydrogen) atoms. The van der Waals surface area contributed by atoms with Gasteiger partial charge < -0.3 is 0 Å². The van der Waals surface area contributed by atoms with Crippen LogP contribution in [0.3, 0.4) is 0 Å². The summed E-state index contributed by atoms with van der Waals surface area (Å²) in [5.41, 5.74) is 0. The van der Waals surface area contributed by atoms with Gasteiger partial charge in [-0.1, -0.05) is 0 Å². The molecule has 37 valence electrons. The second kappa shape index (κ2) is 3.84. The van der Waals surface area contributed by atoms with Crippen LogP contribution in [0.5, 0.6) is 0 Å². The van der Waals surface area contributed by atoms with Gasteiger partial charge in [0.15, 0.2) is 0 Å². The molecule has 0 heterocycles. The van der Waals surface area contributed by atoms with Crippen LogP contribution in [0.2, 0.25) is 0 Å². The first-order chi connectivity index (χ1) is 3.18. The van der Waals surface area contributed by atoms with Crippen molar-refractivity contribution >= 4 is 21.9 Å². The predicted octanol–water partition coefficient (Wildman–Crippen LogP) is 0.775. The fourth-order valence-electron chi connectivity index (χ4n) is 0.115. The van der Waals surface area contributed by atoms with Gasteiger partial charge in [-0.15, -0.1) is 0 Å². The number of alkyl halides is 1. The van der Waals surface area contributed by atoms with Crippen molar-refractivity contribution in [2.45, 2.75) is 11.8 Å². The Bertz CT molecular complexity index is 73.3. The van der Waals surface area contributed by atoms with Gasteiger partial charge in [-0.25, -0.2) is 0 Å². The summed E-state index contributed by atoms with van der Waals surface area (Å²) >= 11 is 3.20. The fraction of sp³-hybridized carbons (Fsp3) is 0.667. The van der Waals surface area contributed by atoms with Gasteiger partial charge in [0.1, 0.15) is 0 Å². The molecule has 2 nitrogen and oxygen atoms in total. The van der Waals surface area contributed by atoms with Gasteiger partial charge >= 0.3 is 67.7 Å². The number of rotatable bonds is 1. The number of halogens is 1. The van der Waals surface area contributed by atoms with Crippen LogP contribution < -0.4 is 0 Å². The SMILES string of the molecule is CC(Br)C(=O)[O][Hg]. The Morgan fingerprint density at radius 2 is 2.43 bits per heavy atom. The van der Waals surface area contributed by atoms with E-state index < -0.39 is 0 Å². The Hall–Kier alpha value is 0.885. The average molecular weight is 353 g/mol. The first-order valence-electron chi connectivity index (χ1n) is 1.78. The predicted molar refractivity (Wildman–Crippen MR) is 24.5 cm³/mol. The molecular weight excluding hydrogens is 349 g/mol. The molecule has 0 spiro atoms. The Kier molecular flexibility index (Phi) is 4.32. The third-order valence-electron chi connectivity index (χ3n) is 0.467. The molecule has 0 aliphatic carbocycles. The van der Waals surface area contributed by atoms with Crippen molar-refractivity contribution in [1.29, 1.82) is 0 Å². The molecule has 0 radical (unpaired) electrons. The first kappa shape index (κ1) is 7.89. The van der Waals surface area contributed by atoms with Gasteiger partial charge in [0.2, 0.25) is 0 Å². The van der Waals surface area contributed by atoms with Crippen LogP contribution in [0.15, 0.2) is 0 Å². The molecule has 0 rings (SSSR count). The minimum absolute atomic E-state index is 0.134. The molecule has 0 aromatic heterocycles. The molecule has 0 aliphatic rings. The van der Waals surface area contributed by atoms with Crippen LogP contribution in [-0.2, 0) is 34.0 Å². The molecule has 0 amide bonds. The second-order valence-electron chi connectivity index (χ2n) is 1.08. The number of hydrogen-bond acceptors (Lipinski definition) is 2. The number of carbonyl (C=O) groups is 1. The zero-order chi connectivity index (χ0) is 5.86. The molecule has 4 heteroatoms. The van der Waals surface area contributed by atoms with Crippen molar-refractivity contribution in [2.75, 3.05) is 0 Å². The summed E-state index contributed by atoms with van der Waals surface area (Å²) in [6.45, 7) is 1.75. The Labute approximate surface area is 67.4 Å². The van der Waals surface area contributed by atoms with Crippen LogP contribution in [0.25, 0.3) is 0 Å². The van der Waals surface area contributed by atoms with E-state index in [1.807, 2.05) is 0 Å². The van der Waals surface area contributed by atoms with Gasteiger partial charge in [0, 0.05) is 0 Å². The fourth-order valence-corrected chi connectivity index (χ4v) is 2.17. The molecule has 1 atom stereocenters. The van der Waals surface area contributed by atoms with Crippen LogP contribution in [0, 0.1) is 0 Å². The quantitative estimate of drug-likeness (QED) is 0.515. The maximum absolute atomic E-state index is 10.3. The van der Waals surface area contributed by atoms with Gasteiger partial charge in [-0.05, 0) is 0 Å². The molecule has 1 unspecified atom stereocenters. The van der Waals surface area contributed by atoms with E-state index in [2.05, 4.69) is 18.6 Å². The third kappa shape index (κ3) is 3.47. The summed E-state index contributed by atoms with van der Waals surface area (Å²) in [7, 11) is 0. The molecule has 0 saturated heterocycles. The van der Waals surface area contributed by atoms with Crippen molar-refractivity contribution in [3.8, 4) is 0 Å². The van der Waals surface area contributed by atoms with Crippen LogP contribution in [0.4, 0.5) is 0 Å². The van der Waals surface area contributed by atoms with E-state index in [9.17, 15) is 4.79 Å². The average Bonchev–Trinajstić information content (AvgIpc) is 1.65. The summed E-state index contributed by atoms with van der Waals surface area (Å²) < 4.78 is 4.52. The van der Waals surface area contributed by atoms with E-state index in [-0.39, 0.29) is 37.4 Å². The Balaban J connectivity index is 3.35. The van der Waals surface area contributed by atoms with Crippen LogP contribution >= 0.6 is 15.9 Å². The summed E-state index contributed by atoms with van der Waals surface area (Å²) in [5.74, 6) is -0.150. The topological polar surface area (TPSA) is 26.3 Å². The molecule has 0 bridgehead atoms. The zero-order valence-corrected chi connectivity index (χ0v) is 11.1. The van der Waals surface area contributed by atoms with E-state index >= 15 is 0 Å². The molecular formula is C3H4BrHgO2. The van der Waals surface area contributed by atoms with Crippen molar-refractivity contribution in [3.63, 3.8) is 0 Å². The minimum atomic E-state index is -0.150. The van der Waals surface area contributed by atoms with E-state index in [1.54, 1.807) is 6.92 Å². The van der Waals surface area contributed by atoms with E-state index in [0.29, 0.717) is 0 Å². The summed E-state index contributed by atoms with van der Waals surface area (Å²) in [4.78, 5) is 10.2. The van der Waals surface area contributed by atoms with Crippen molar-refractivity contribution < 1.29 is 34.0 Å². The summed E-state index contributed by atoms with van der Waals surface area (Å²) in [5, 5.41) is 0. The third-order valence-corrected chi connectivity index (χ3v) is 1.95. The van der Waals surface area contributed by atoms with Crippen molar-refractivity contribution in [2.24, 2.45) is 0 Å². The summed E-state index contributed by atoms with van der Waals surface area (Å²) in [6, 6.07) is 0. The zero-order valence-electron chi connectivity index (χ0n) is 3.98. The summed E-state index contributed by atoms with van der Waals surface area (Å²) in [6.07, 6.45) is 0. The van der Waals surface area contributed by atoms with Gasteiger partial charge in [-0.3, -0.25) is 0 Å². The Morgan fingerprint density at radius 1 is 2.00 bits per heavy atom. The standard InChI is InChI=1S/C3H5BrO2.Hg/c1-2(4)3(5)6;/h2H,1H3,(H,5,6);/q;+1/p-1.